The SMILES string of the molecule is CCNC(=NCc1cccc(O)c1)NCc1ccccc1C.I. The van der Waals surface area contributed by atoms with E-state index in [0.717, 1.165) is 24.6 Å². The van der Waals surface area contributed by atoms with Gasteiger partial charge in [-0.15, -0.1) is 24.0 Å². The van der Waals surface area contributed by atoms with Crippen LogP contribution >= 0.6 is 24.0 Å². The maximum atomic E-state index is 9.48. The van der Waals surface area contributed by atoms with E-state index in [1.807, 2.05) is 31.2 Å². The third-order valence-corrected chi connectivity index (χ3v) is 3.38. The number of hydrogen-bond donors (Lipinski definition) is 3. The molecule has 3 N–H and O–H groups in total. The minimum Gasteiger partial charge on any atom is -0.508 e. The van der Waals surface area contributed by atoms with Crippen molar-refractivity contribution in [3.8, 4) is 5.75 Å². The van der Waals surface area contributed by atoms with Gasteiger partial charge in [-0.1, -0.05) is 36.4 Å². The number of guanidine groups is 1. The summed E-state index contributed by atoms with van der Waals surface area (Å²) in [6.07, 6.45) is 0. The van der Waals surface area contributed by atoms with Crippen LogP contribution in [0.3, 0.4) is 0 Å². The van der Waals surface area contributed by atoms with Crippen molar-refractivity contribution in [2.75, 3.05) is 6.54 Å². The van der Waals surface area contributed by atoms with Crippen molar-refractivity contribution >= 4 is 29.9 Å². The number of rotatable bonds is 5. The summed E-state index contributed by atoms with van der Waals surface area (Å²) in [5.74, 6) is 1.04. The van der Waals surface area contributed by atoms with Crippen molar-refractivity contribution in [3.63, 3.8) is 0 Å². The molecule has 0 radical (unpaired) electrons. The van der Waals surface area contributed by atoms with Gasteiger partial charge in [0.25, 0.3) is 0 Å². The first kappa shape index (κ1) is 19.3. The molecule has 0 unspecified atom stereocenters. The summed E-state index contributed by atoms with van der Waals surface area (Å²) in [6.45, 7) is 6.21. The Morgan fingerprint density at radius 1 is 1.09 bits per heavy atom. The Balaban J connectivity index is 0.00000264. The summed E-state index contributed by atoms with van der Waals surface area (Å²) in [5.41, 5.74) is 3.50. The molecule has 2 aromatic carbocycles. The van der Waals surface area contributed by atoms with Crippen LogP contribution < -0.4 is 10.6 Å². The van der Waals surface area contributed by atoms with Gasteiger partial charge in [-0.3, -0.25) is 0 Å². The zero-order valence-electron chi connectivity index (χ0n) is 13.5. The van der Waals surface area contributed by atoms with Gasteiger partial charge >= 0.3 is 0 Å². The number of phenolic OH excluding ortho intramolecular Hbond substituents is 1. The van der Waals surface area contributed by atoms with Crippen LogP contribution in [0.25, 0.3) is 0 Å². The van der Waals surface area contributed by atoms with Crippen LogP contribution in [-0.4, -0.2) is 17.6 Å². The Kier molecular flexibility index (Phi) is 8.47. The number of nitrogens with zero attached hydrogens (tertiary/aromatic N) is 1. The number of aryl methyl sites for hydroxylation is 1. The number of halogens is 1. The zero-order chi connectivity index (χ0) is 15.8. The molecule has 2 aromatic rings. The monoisotopic (exact) mass is 425 g/mol. The third kappa shape index (κ3) is 6.48. The lowest BCUT2D eigenvalue weighted by Gasteiger charge is -2.12. The molecule has 0 amide bonds. The fourth-order valence-corrected chi connectivity index (χ4v) is 2.15. The maximum Gasteiger partial charge on any atom is 0.191 e. The normalized spacial score (nSPS) is 10.8. The van der Waals surface area contributed by atoms with Gasteiger partial charge in [-0.05, 0) is 42.7 Å². The second-order valence-electron chi connectivity index (χ2n) is 5.15. The van der Waals surface area contributed by atoms with E-state index in [9.17, 15) is 5.11 Å². The molecule has 0 aliphatic carbocycles. The fourth-order valence-electron chi connectivity index (χ4n) is 2.15. The molecule has 0 heterocycles. The summed E-state index contributed by atoms with van der Waals surface area (Å²) < 4.78 is 0. The second kappa shape index (κ2) is 10.1. The Labute approximate surface area is 155 Å². The van der Waals surface area contributed by atoms with E-state index in [4.69, 9.17) is 0 Å². The number of aromatic hydroxyl groups is 1. The van der Waals surface area contributed by atoms with Crippen molar-refractivity contribution in [1.29, 1.82) is 0 Å². The smallest absolute Gasteiger partial charge is 0.191 e. The largest absolute Gasteiger partial charge is 0.508 e. The predicted molar refractivity (Wildman–Crippen MR) is 106 cm³/mol. The molecular formula is C18H24IN3O. The minimum atomic E-state index is 0. The van der Waals surface area contributed by atoms with Gasteiger partial charge in [0.1, 0.15) is 5.75 Å². The number of benzene rings is 2. The molecule has 124 valence electrons. The van der Waals surface area contributed by atoms with Crippen LogP contribution in [0.2, 0.25) is 0 Å². The van der Waals surface area contributed by atoms with Crippen LogP contribution in [0.15, 0.2) is 53.5 Å². The van der Waals surface area contributed by atoms with Crippen molar-refractivity contribution in [1.82, 2.24) is 10.6 Å². The van der Waals surface area contributed by atoms with Gasteiger partial charge in [0, 0.05) is 13.1 Å². The van der Waals surface area contributed by atoms with E-state index >= 15 is 0 Å². The molecule has 0 aromatic heterocycles. The van der Waals surface area contributed by atoms with Crippen LogP contribution in [0, 0.1) is 6.92 Å². The highest BCUT2D eigenvalue weighted by molar-refractivity contribution is 14.0. The fraction of sp³-hybridized carbons (Fsp3) is 0.278. The van der Waals surface area contributed by atoms with E-state index in [1.54, 1.807) is 12.1 Å². The lowest BCUT2D eigenvalue weighted by molar-refractivity contribution is 0.474. The molecule has 23 heavy (non-hydrogen) atoms. The first-order chi connectivity index (χ1) is 10.7. The minimum absolute atomic E-state index is 0. The zero-order valence-corrected chi connectivity index (χ0v) is 15.9. The molecule has 4 nitrogen and oxygen atoms in total. The van der Waals surface area contributed by atoms with Crippen LogP contribution in [0.1, 0.15) is 23.6 Å². The van der Waals surface area contributed by atoms with E-state index in [1.165, 1.54) is 11.1 Å². The van der Waals surface area contributed by atoms with E-state index in [2.05, 4.69) is 34.7 Å². The summed E-state index contributed by atoms with van der Waals surface area (Å²) in [6, 6.07) is 15.5. The maximum absolute atomic E-state index is 9.48. The topological polar surface area (TPSA) is 56.7 Å². The lowest BCUT2D eigenvalue weighted by Crippen LogP contribution is -2.36. The van der Waals surface area contributed by atoms with Gasteiger partial charge in [0.05, 0.1) is 6.54 Å². The van der Waals surface area contributed by atoms with E-state index in [0.29, 0.717) is 6.54 Å². The van der Waals surface area contributed by atoms with Crippen LogP contribution in [-0.2, 0) is 13.1 Å². The quantitative estimate of drug-likeness (QED) is 0.390. The molecule has 0 fully saturated rings. The third-order valence-electron chi connectivity index (χ3n) is 3.38. The molecule has 0 bridgehead atoms. The number of phenols is 1. The Hall–Kier alpha value is -1.76. The van der Waals surface area contributed by atoms with Crippen molar-refractivity contribution in [2.24, 2.45) is 4.99 Å². The molecular weight excluding hydrogens is 401 g/mol. The summed E-state index contributed by atoms with van der Waals surface area (Å²) in [5, 5.41) is 16.1. The second-order valence-corrected chi connectivity index (χ2v) is 5.15. The van der Waals surface area contributed by atoms with Gasteiger partial charge in [-0.2, -0.15) is 0 Å². The summed E-state index contributed by atoms with van der Waals surface area (Å²) >= 11 is 0. The molecule has 0 saturated carbocycles. The molecule has 0 aliphatic rings. The number of hydrogen-bond acceptors (Lipinski definition) is 2. The van der Waals surface area contributed by atoms with Gasteiger partial charge < -0.3 is 15.7 Å². The average Bonchev–Trinajstić information content (AvgIpc) is 2.51. The van der Waals surface area contributed by atoms with E-state index in [-0.39, 0.29) is 29.7 Å². The molecule has 0 aliphatic heterocycles. The Morgan fingerprint density at radius 3 is 2.57 bits per heavy atom. The van der Waals surface area contributed by atoms with Crippen LogP contribution in [0.5, 0.6) is 5.75 Å². The first-order valence-electron chi connectivity index (χ1n) is 7.53. The molecule has 2 rings (SSSR count). The highest BCUT2D eigenvalue weighted by atomic mass is 127. The number of nitrogens with one attached hydrogen (secondary N) is 2. The molecule has 0 spiro atoms. The van der Waals surface area contributed by atoms with Gasteiger partial charge in [-0.25, -0.2) is 4.99 Å². The number of aliphatic imine (C=N–C) groups is 1. The van der Waals surface area contributed by atoms with E-state index < -0.39 is 0 Å². The predicted octanol–water partition coefficient (Wildman–Crippen LogP) is 3.57. The standard InChI is InChI=1S/C18H23N3O.HI/c1-3-19-18(20-12-15-8-6-10-17(22)11-15)21-13-16-9-5-4-7-14(16)2;/h4-11,22H,3,12-13H2,1-2H3,(H2,19,20,21);1H. The molecule has 0 atom stereocenters. The van der Waals surface area contributed by atoms with Gasteiger partial charge in [0.2, 0.25) is 0 Å². The van der Waals surface area contributed by atoms with Crippen LogP contribution in [0.4, 0.5) is 0 Å². The molecule has 5 heteroatoms. The molecule has 0 saturated heterocycles. The van der Waals surface area contributed by atoms with Gasteiger partial charge in [0.15, 0.2) is 5.96 Å². The lowest BCUT2D eigenvalue weighted by atomic mass is 10.1. The Bertz CT molecular complexity index is 644. The summed E-state index contributed by atoms with van der Waals surface area (Å²) in [7, 11) is 0. The van der Waals surface area contributed by atoms with Crippen molar-refractivity contribution < 1.29 is 5.11 Å². The van der Waals surface area contributed by atoms with Crippen molar-refractivity contribution in [3.05, 3.63) is 65.2 Å². The highest BCUT2D eigenvalue weighted by Crippen LogP contribution is 2.11. The first-order valence-corrected chi connectivity index (χ1v) is 7.53. The Morgan fingerprint density at radius 2 is 1.87 bits per heavy atom. The summed E-state index contributed by atoms with van der Waals surface area (Å²) in [4.78, 5) is 4.55. The van der Waals surface area contributed by atoms with Crippen molar-refractivity contribution in [2.45, 2.75) is 26.9 Å². The highest BCUT2D eigenvalue weighted by Gasteiger charge is 2.01. The average molecular weight is 425 g/mol.